The summed E-state index contributed by atoms with van der Waals surface area (Å²) in [4.78, 5) is 16.3. The molecule has 0 aliphatic rings. The van der Waals surface area contributed by atoms with Crippen molar-refractivity contribution in [3.63, 3.8) is 0 Å². The number of aryl methyl sites for hydroxylation is 1. The Labute approximate surface area is 118 Å². The number of carbonyl (C=O) groups is 1. The highest BCUT2D eigenvalue weighted by atomic mass is 16.4. The van der Waals surface area contributed by atoms with Gasteiger partial charge in [-0.25, -0.2) is 4.98 Å². The van der Waals surface area contributed by atoms with Crippen molar-refractivity contribution in [2.45, 2.75) is 25.8 Å². The molecule has 0 saturated carbocycles. The van der Waals surface area contributed by atoms with Crippen molar-refractivity contribution in [2.75, 3.05) is 6.54 Å². The first-order valence-corrected chi connectivity index (χ1v) is 6.71. The van der Waals surface area contributed by atoms with Crippen LogP contribution in [-0.4, -0.2) is 17.4 Å². The predicted molar refractivity (Wildman–Crippen MR) is 76.0 cm³/mol. The molecule has 1 unspecified atom stereocenters. The molecule has 0 fully saturated rings. The van der Waals surface area contributed by atoms with E-state index in [0.29, 0.717) is 5.89 Å². The first-order valence-electron chi connectivity index (χ1n) is 6.71. The van der Waals surface area contributed by atoms with Crippen LogP contribution in [0.15, 0.2) is 40.9 Å². The normalized spacial score (nSPS) is 12.1. The molecule has 5 nitrogen and oxygen atoms in total. The van der Waals surface area contributed by atoms with Gasteiger partial charge in [-0.15, -0.1) is 0 Å². The minimum atomic E-state index is -0.350. The molecule has 1 heterocycles. The number of oxazole rings is 1. The van der Waals surface area contributed by atoms with Crippen LogP contribution >= 0.6 is 0 Å². The standard InChI is InChI=1S/C15H19N3O2/c1-2-12-9-17-14(20-12)10-18-15(19)13(8-16)11-6-4-3-5-7-11/h3-7,9,13H,2,8,10,16H2,1H3,(H,18,19). The Morgan fingerprint density at radius 3 is 2.75 bits per heavy atom. The van der Waals surface area contributed by atoms with E-state index in [1.807, 2.05) is 37.3 Å². The zero-order valence-corrected chi connectivity index (χ0v) is 11.5. The SMILES string of the molecule is CCc1cnc(CNC(=O)C(CN)c2ccccc2)o1. The molecular weight excluding hydrogens is 254 g/mol. The quantitative estimate of drug-likeness (QED) is 0.837. The lowest BCUT2D eigenvalue weighted by atomic mass is 9.98. The number of hydrogen-bond donors (Lipinski definition) is 2. The molecule has 1 atom stereocenters. The van der Waals surface area contributed by atoms with Crippen LogP contribution in [0.2, 0.25) is 0 Å². The molecule has 1 aromatic heterocycles. The van der Waals surface area contributed by atoms with Crippen molar-refractivity contribution in [1.82, 2.24) is 10.3 Å². The Morgan fingerprint density at radius 2 is 2.15 bits per heavy atom. The highest BCUT2D eigenvalue weighted by molar-refractivity contribution is 5.83. The van der Waals surface area contributed by atoms with Crippen LogP contribution in [0.1, 0.15) is 30.1 Å². The summed E-state index contributed by atoms with van der Waals surface area (Å²) >= 11 is 0. The summed E-state index contributed by atoms with van der Waals surface area (Å²) in [5.41, 5.74) is 6.61. The Kier molecular flexibility index (Phi) is 4.90. The zero-order chi connectivity index (χ0) is 14.4. The summed E-state index contributed by atoms with van der Waals surface area (Å²) in [6.45, 7) is 2.53. The van der Waals surface area contributed by atoms with Crippen LogP contribution < -0.4 is 11.1 Å². The predicted octanol–water partition coefficient (Wildman–Crippen LogP) is 1.60. The second kappa shape index (κ2) is 6.86. The van der Waals surface area contributed by atoms with Crippen LogP contribution in [-0.2, 0) is 17.8 Å². The molecule has 106 valence electrons. The van der Waals surface area contributed by atoms with Gasteiger partial charge in [0.05, 0.1) is 18.7 Å². The minimum absolute atomic E-state index is 0.116. The molecule has 2 rings (SSSR count). The van der Waals surface area contributed by atoms with E-state index in [1.165, 1.54) is 0 Å². The number of nitrogens with one attached hydrogen (secondary N) is 1. The van der Waals surface area contributed by atoms with Crippen molar-refractivity contribution in [2.24, 2.45) is 5.73 Å². The molecule has 0 spiro atoms. The van der Waals surface area contributed by atoms with E-state index in [0.717, 1.165) is 17.7 Å². The van der Waals surface area contributed by atoms with E-state index >= 15 is 0 Å². The van der Waals surface area contributed by atoms with Gasteiger partial charge >= 0.3 is 0 Å². The number of benzene rings is 1. The van der Waals surface area contributed by atoms with Crippen molar-refractivity contribution < 1.29 is 9.21 Å². The monoisotopic (exact) mass is 273 g/mol. The molecule has 0 radical (unpaired) electrons. The molecule has 0 bridgehead atoms. The van der Waals surface area contributed by atoms with Crippen LogP contribution in [0.4, 0.5) is 0 Å². The Balaban J connectivity index is 1.96. The average Bonchev–Trinajstić information content (AvgIpc) is 2.95. The van der Waals surface area contributed by atoms with Gasteiger partial charge in [-0.2, -0.15) is 0 Å². The fourth-order valence-electron chi connectivity index (χ4n) is 1.96. The van der Waals surface area contributed by atoms with Gasteiger partial charge in [0.2, 0.25) is 11.8 Å². The van der Waals surface area contributed by atoms with Gasteiger partial charge in [-0.3, -0.25) is 4.79 Å². The largest absolute Gasteiger partial charge is 0.444 e. The van der Waals surface area contributed by atoms with Gasteiger partial charge in [-0.1, -0.05) is 37.3 Å². The van der Waals surface area contributed by atoms with E-state index in [1.54, 1.807) is 6.20 Å². The molecule has 2 aromatic rings. The third-order valence-electron chi connectivity index (χ3n) is 3.12. The van der Waals surface area contributed by atoms with Gasteiger partial charge < -0.3 is 15.5 Å². The number of aromatic nitrogens is 1. The smallest absolute Gasteiger partial charge is 0.229 e. The number of nitrogens with two attached hydrogens (primary N) is 1. The summed E-state index contributed by atoms with van der Waals surface area (Å²) in [5, 5.41) is 2.81. The number of hydrogen-bond acceptors (Lipinski definition) is 4. The average molecular weight is 273 g/mol. The number of carbonyl (C=O) groups excluding carboxylic acids is 1. The van der Waals surface area contributed by atoms with Gasteiger partial charge in [0.1, 0.15) is 5.76 Å². The molecule has 3 N–H and O–H groups in total. The topological polar surface area (TPSA) is 81.2 Å². The molecule has 1 aromatic carbocycles. The maximum Gasteiger partial charge on any atom is 0.229 e. The molecule has 0 aliphatic carbocycles. The van der Waals surface area contributed by atoms with Crippen molar-refractivity contribution >= 4 is 5.91 Å². The molecular formula is C15H19N3O2. The van der Waals surface area contributed by atoms with E-state index < -0.39 is 0 Å². The van der Waals surface area contributed by atoms with Gasteiger partial charge in [-0.05, 0) is 5.56 Å². The van der Waals surface area contributed by atoms with Crippen molar-refractivity contribution in [1.29, 1.82) is 0 Å². The van der Waals surface area contributed by atoms with Crippen molar-refractivity contribution in [3.8, 4) is 0 Å². The molecule has 5 heteroatoms. The summed E-state index contributed by atoms with van der Waals surface area (Å²) in [6.07, 6.45) is 2.47. The maximum atomic E-state index is 12.2. The summed E-state index contributed by atoms with van der Waals surface area (Å²) in [6, 6.07) is 9.50. The summed E-state index contributed by atoms with van der Waals surface area (Å²) in [5.74, 6) is 0.860. The first kappa shape index (κ1) is 14.3. The number of nitrogens with zero attached hydrogens (tertiary/aromatic N) is 1. The minimum Gasteiger partial charge on any atom is -0.444 e. The maximum absolute atomic E-state index is 12.2. The van der Waals surface area contributed by atoms with Gasteiger partial charge in [0, 0.05) is 13.0 Å². The third-order valence-corrected chi connectivity index (χ3v) is 3.12. The lowest BCUT2D eigenvalue weighted by Gasteiger charge is -2.14. The molecule has 1 amide bonds. The number of amides is 1. The van der Waals surface area contributed by atoms with E-state index in [4.69, 9.17) is 10.2 Å². The molecule has 0 saturated heterocycles. The lowest BCUT2D eigenvalue weighted by molar-refractivity contribution is -0.122. The Morgan fingerprint density at radius 1 is 1.40 bits per heavy atom. The van der Waals surface area contributed by atoms with E-state index in [2.05, 4.69) is 10.3 Å². The fraction of sp³-hybridized carbons (Fsp3) is 0.333. The molecule has 20 heavy (non-hydrogen) atoms. The highest BCUT2D eigenvalue weighted by Crippen LogP contribution is 2.14. The van der Waals surface area contributed by atoms with Crippen LogP contribution in [0.3, 0.4) is 0 Å². The van der Waals surface area contributed by atoms with E-state index in [-0.39, 0.29) is 24.9 Å². The molecule has 0 aliphatic heterocycles. The zero-order valence-electron chi connectivity index (χ0n) is 11.5. The van der Waals surface area contributed by atoms with Crippen LogP contribution in [0.5, 0.6) is 0 Å². The van der Waals surface area contributed by atoms with Crippen LogP contribution in [0.25, 0.3) is 0 Å². The third kappa shape index (κ3) is 3.45. The lowest BCUT2D eigenvalue weighted by Crippen LogP contribution is -2.33. The van der Waals surface area contributed by atoms with Gasteiger partial charge in [0.25, 0.3) is 0 Å². The van der Waals surface area contributed by atoms with Gasteiger partial charge in [0.15, 0.2) is 0 Å². The second-order valence-corrected chi connectivity index (χ2v) is 4.49. The fourth-order valence-corrected chi connectivity index (χ4v) is 1.96. The Bertz CT molecular complexity index is 551. The highest BCUT2D eigenvalue weighted by Gasteiger charge is 2.18. The Hall–Kier alpha value is -2.14. The summed E-state index contributed by atoms with van der Waals surface area (Å²) in [7, 11) is 0. The summed E-state index contributed by atoms with van der Waals surface area (Å²) < 4.78 is 5.45. The second-order valence-electron chi connectivity index (χ2n) is 4.49. The number of rotatable bonds is 6. The van der Waals surface area contributed by atoms with Crippen molar-refractivity contribution in [3.05, 3.63) is 53.7 Å². The first-order chi connectivity index (χ1) is 9.74. The van der Waals surface area contributed by atoms with E-state index in [9.17, 15) is 4.79 Å². The van der Waals surface area contributed by atoms with Crippen LogP contribution in [0, 0.1) is 0 Å².